The molecule has 9 N–H and O–H groups in total. The number of phenols is 2. The molecule has 1 aliphatic carbocycles. The number of aromatic hydroxyl groups is 2. The van der Waals surface area contributed by atoms with Crippen LogP contribution >= 0.6 is 0 Å². The van der Waals surface area contributed by atoms with Crippen molar-refractivity contribution in [1.29, 1.82) is 0 Å². The summed E-state index contributed by atoms with van der Waals surface area (Å²) < 4.78 is 6.05. The molecule has 0 fully saturated rings. The van der Waals surface area contributed by atoms with E-state index in [1.165, 1.54) is 0 Å². The molecule has 4 aromatic carbocycles. The Kier molecular flexibility index (Phi) is 15.7. The van der Waals surface area contributed by atoms with Gasteiger partial charge in [0.05, 0.1) is 25.3 Å². The van der Waals surface area contributed by atoms with E-state index in [2.05, 4.69) is 16.8 Å². The standard InChI is InChI=1S/C51H57N3O7/c1-33(48(59)31-37-10-6-5-9-36(37)23-26-55)8-3-2-4-12-40(56)18-14-34-16-21-47(58)50(29-34)61-27-24-35-15-20-46(57)44(28-35)43-32-49(60)42-22-25-54-45(42)13-7-11-38-30-39(51(52)53)17-19-41(38)43/h4-6,9-10,12,15-17,19-22,25,28-30,33,43,48,51,54-55,57-59H,2-3,8,13-14,18,23-24,26-27,31-32,52-53H2,1H3. The van der Waals surface area contributed by atoms with Gasteiger partial charge in [-0.2, -0.15) is 0 Å². The molecule has 1 aliphatic rings. The summed E-state index contributed by atoms with van der Waals surface area (Å²) in [5.74, 6) is 6.34. The van der Waals surface area contributed by atoms with Gasteiger partial charge in [0, 0.05) is 60.4 Å². The van der Waals surface area contributed by atoms with Crippen LogP contribution in [0.25, 0.3) is 0 Å². The second-order valence-electron chi connectivity index (χ2n) is 16.0. The van der Waals surface area contributed by atoms with E-state index in [-0.39, 0.29) is 48.6 Å². The molecule has 5 aromatic rings. The summed E-state index contributed by atoms with van der Waals surface area (Å²) in [7, 11) is 0. The maximum Gasteiger partial charge on any atom is 0.165 e. The van der Waals surface area contributed by atoms with Crippen molar-refractivity contribution in [3.8, 4) is 29.1 Å². The van der Waals surface area contributed by atoms with Gasteiger partial charge in [-0.15, -0.1) is 0 Å². The number of aromatic nitrogens is 1. The third kappa shape index (κ3) is 12.1. The first kappa shape index (κ1) is 44.6. The Labute approximate surface area is 358 Å². The normalized spacial score (nSPS) is 14.9. The molecular formula is C51H57N3O7. The van der Waals surface area contributed by atoms with Crippen LogP contribution in [0.1, 0.15) is 112 Å². The molecule has 3 atom stereocenters. The minimum absolute atomic E-state index is 0.00601. The number of hydrogen-bond donors (Lipinski definition) is 7. The fourth-order valence-electron chi connectivity index (χ4n) is 7.93. The predicted molar refractivity (Wildman–Crippen MR) is 238 cm³/mol. The predicted octanol–water partition coefficient (Wildman–Crippen LogP) is 7.28. The summed E-state index contributed by atoms with van der Waals surface area (Å²) in [6, 6.07) is 25.7. The molecule has 0 spiro atoms. The summed E-state index contributed by atoms with van der Waals surface area (Å²) in [5.41, 5.74) is 20.0. The Bertz CT molecular complexity index is 2390. The molecule has 10 heteroatoms. The number of nitrogens with two attached hydrogens (primary N) is 2. The zero-order valence-electron chi connectivity index (χ0n) is 34.8. The molecule has 0 saturated carbocycles. The molecule has 0 bridgehead atoms. The molecule has 3 unspecified atom stereocenters. The number of benzene rings is 4. The van der Waals surface area contributed by atoms with Gasteiger partial charge in [-0.1, -0.05) is 79.4 Å². The highest BCUT2D eigenvalue weighted by Gasteiger charge is 2.27. The molecule has 318 valence electrons. The number of ether oxygens (including phenoxy) is 1. The van der Waals surface area contributed by atoms with E-state index in [1.54, 1.807) is 42.6 Å². The molecule has 1 heterocycles. The molecule has 1 aromatic heterocycles. The minimum atomic E-state index is -0.697. The SMILES string of the molecule is CC(CCCC=CC(=O)CCc1ccc(O)c(OCCc2ccc(O)c(C3CC(=O)c4cc[nH]c4CC#Cc4cc(C(N)N)ccc43)c2)c1)C(O)Cc1ccccc1CCO. The van der Waals surface area contributed by atoms with Crippen LogP contribution in [-0.2, 0) is 36.9 Å². The lowest BCUT2D eigenvalue weighted by atomic mass is 9.81. The van der Waals surface area contributed by atoms with Gasteiger partial charge in [0.2, 0.25) is 0 Å². The van der Waals surface area contributed by atoms with Crippen molar-refractivity contribution < 1.29 is 34.8 Å². The number of nitrogens with one attached hydrogen (secondary N) is 1. The number of carbonyl (C=O) groups is 2. The van der Waals surface area contributed by atoms with E-state index < -0.39 is 18.2 Å². The Morgan fingerprint density at radius 1 is 0.934 bits per heavy atom. The van der Waals surface area contributed by atoms with Crippen LogP contribution in [0.5, 0.6) is 17.2 Å². The van der Waals surface area contributed by atoms with Crippen molar-refractivity contribution in [3.63, 3.8) is 0 Å². The number of hydrogen-bond acceptors (Lipinski definition) is 9. The Balaban J connectivity index is 1.02. The van der Waals surface area contributed by atoms with Crippen LogP contribution in [0.15, 0.2) is 103 Å². The van der Waals surface area contributed by atoms with E-state index in [0.717, 1.165) is 52.8 Å². The number of aryl methyl sites for hydroxylation is 1. The summed E-state index contributed by atoms with van der Waals surface area (Å²) >= 11 is 0. The van der Waals surface area contributed by atoms with Gasteiger partial charge in [0.25, 0.3) is 0 Å². The summed E-state index contributed by atoms with van der Waals surface area (Å²) in [4.78, 5) is 29.6. The molecule has 0 radical (unpaired) electrons. The lowest BCUT2D eigenvalue weighted by Gasteiger charge is -2.22. The number of ketones is 2. The average molecular weight is 824 g/mol. The number of fused-ring (bicyclic) bond motifs is 2. The van der Waals surface area contributed by atoms with E-state index >= 15 is 0 Å². The Hall–Kier alpha value is -5.96. The Morgan fingerprint density at radius 2 is 1.70 bits per heavy atom. The third-order valence-corrected chi connectivity index (χ3v) is 11.6. The third-order valence-electron chi connectivity index (χ3n) is 11.6. The smallest absolute Gasteiger partial charge is 0.165 e. The number of allylic oxidation sites excluding steroid dienone is 2. The molecule has 61 heavy (non-hydrogen) atoms. The van der Waals surface area contributed by atoms with Crippen LogP contribution in [0, 0.1) is 17.8 Å². The van der Waals surface area contributed by atoms with E-state index in [4.69, 9.17) is 16.2 Å². The van der Waals surface area contributed by atoms with Gasteiger partial charge < -0.3 is 41.6 Å². The number of unbranched alkanes of at least 4 members (excludes halogenated alkanes) is 1. The fourth-order valence-corrected chi connectivity index (χ4v) is 7.93. The van der Waals surface area contributed by atoms with Gasteiger partial charge in [0.15, 0.2) is 23.1 Å². The van der Waals surface area contributed by atoms with E-state index in [1.807, 2.05) is 67.6 Å². The molecular weight excluding hydrogens is 767 g/mol. The van der Waals surface area contributed by atoms with E-state index in [9.17, 15) is 30.0 Å². The van der Waals surface area contributed by atoms with Crippen molar-refractivity contribution in [2.75, 3.05) is 13.2 Å². The summed E-state index contributed by atoms with van der Waals surface area (Å²) in [6.45, 7) is 2.35. The van der Waals surface area contributed by atoms with E-state index in [0.29, 0.717) is 66.5 Å². The highest BCUT2D eigenvalue weighted by atomic mass is 16.5. The molecule has 0 aliphatic heterocycles. The molecule has 6 rings (SSSR count). The van der Waals surface area contributed by atoms with Crippen LogP contribution in [0.2, 0.25) is 0 Å². The number of phenolic OH excluding ortho intramolecular Hbond substituents is 2. The number of aliphatic hydroxyl groups is 2. The van der Waals surface area contributed by atoms with Gasteiger partial charge in [-0.25, -0.2) is 0 Å². The minimum Gasteiger partial charge on any atom is -0.508 e. The highest BCUT2D eigenvalue weighted by molar-refractivity contribution is 5.98. The van der Waals surface area contributed by atoms with Crippen molar-refractivity contribution in [2.45, 2.75) is 89.3 Å². The van der Waals surface area contributed by atoms with Crippen molar-refractivity contribution in [1.82, 2.24) is 4.98 Å². The molecule has 0 saturated heterocycles. The quantitative estimate of drug-likeness (QED) is 0.0194. The first-order valence-electron chi connectivity index (χ1n) is 21.2. The van der Waals surface area contributed by atoms with Gasteiger partial charge in [-0.3, -0.25) is 9.59 Å². The maximum atomic E-state index is 13.7. The molecule has 10 nitrogen and oxygen atoms in total. The highest BCUT2D eigenvalue weighted by Crippen LogP contribution is 2.38. The fraction of sp³-hybridized carbons (Fsp3) is 0.333. The van der Waals surface area contributed by atoms with Gasteiger partial charge in [-0.05, 0) is 114 Å². The zero-order valence-corrected chi connectivity index (χ0v) is 34.8. The van der Waals surface area contributed by atoms with Crippen molar-refractivity contribution >= 4 is 11.6 Å². The number of aromatic amines is 1. The number of Topliss-reactive ketones (excluding diaryl/α,β-unsaturated/α-hetero) is 1. The maximum absolute atomic E-state index is 13.7. The van der Waals surface area contributed by atoms with Crippen LogP contribution < -0.4 is 16.2 Å². The summed E-state index contributed by atoms with van der Waals surface area (Å²) in [5, 5.41) is 42.0. The van der Waals surface area contributed by atoms with Crippen molar-refractivity contribution in [3.05, 3.63) is 159 Å². The largest absolute Gasteiger partial charge is 0.508 e. The van der Waals surface area contributed by atoms with Crippen molar-refractivity contribution in [2.24, 2.45) is 17.4 Å². The topological polar surface area (TPSA) is 192 Å². The first-order chi connectivity index (χ1) is 29.5. The average Bonchev–Trinajstić information content (AvgIpc) is 3.73. The summed E-state index contributed by atoms with van der Waals surface area (Å²) in [6.07, 6.45) is 9.37. The second-order valence-corrected chi connectivity index (χ2v) is 16.0. The van der Waals surface area contributed by atoms with Gasteiger partial charge >= 0.3 is 0 Å². The van der Waals surface area contributed by atoms with Gasteiger partial charge in [0.1, 0.15) is 5.75 Å². The number of H-pyrrole nitrogens is 1. The number of rotatable bonds is 19. The Morgan fingerprint density at radius 3 is 2.49 bits per heavy atom. The zero-order chi connectivity index (χ0) is 43.3. The second kappa shape index (κ2) is 21.5. The van der Waals surface area contributed by atoms with Crippen LogP contribution in [0.4, 0.5) is 0 Å². The van der Waals surface area contributed by atoms with Crippen LogP contribution in [0.3, 0.4) is 0 Å². The van der Waals surface area contributed by atoms with Crippen LogP contribution in [-0.4, -0.2) is 56.3 Å². The number of carbonyl (C=O) groups excluding carboxylic acids is 2. The lowest BCUT2D eigenvalue weighted by Crippen LogP contribution is -2.21. The number of aliphatic hydroxyl groups excluding tert-OH is 2. The molecule has 0 amide bonds. The first-order valence-corrected chi connectivity index (χ1v) is 21.2. The monoisotopic (exact) mass is 823 g/mol. The lowest BCUT2D eigenvalue weighted by molar-refractivity contribution is -0.114.